The molecule has 1 radical (unpaired) electrons. The zero-order valence-electron chi connectivity index (χ0n) is 7.03. The van der Waals surface area contributed by atoms with Gasteiger partial charge in [-0.3, -0.25) is 5.11 Å². The van der Waals surface area contributed by atoms with Crippen LogP contribution in [0.3, 0.4) is 0 Å². The van der Waals surface area contributed by atoms with Crippen molar-refractivity contribution < 1.29 is 5.11 Å². The number of aromatic nitrogens is 1. The van der Waals surface area contributed by atoms with Gasteiger partial charge in [-0.25, -0.2) is 4.98 Å². The Morgan fingerprint density at radius 1 is 1.31 bits per heavy atom. The molecule has 13 heavy (non-hydrogen) atoms. The molecule has 0 aliphatic heterocycles. The van der Waals surface area contributed by atoms with Gasteiger partial charge in [-0.1, -0.05) is 30.9 Å². The number of para-hydroxylation sites is 1. The Morgan fingerprint density at radius 3 is 2.85 bits per heavy atom. The molecule has 2 heteroatoms. The lowest BCUT2D eigenvalue weighted by Crippen LogP contribution is -1.81. The average Bonchev–Trinajstić information content (AvgIpc) is 2.17. The van der Waals surface area contributed by atoms with Gasteiger partial charge in [0.2, 0.25) is 0 Å². The van der Waals surface area contributed by atoms with Gasteiger partial charge in [0.05, 0.1) is 5.52 Å². The summed E-state index contributed by atoms with van der Waals surface area (Å²) < 4.78 is 0. The number of hydrogen-bond donors (Lipinski definition) is 0. The Kier molecular flexibility index (Phi) is 1.74. The van der Waals surface area contributed by atoms with Gasteiger partial charge in [0.1, 0.15) is 0 Å². The average molecular weight is 170 g/mol. The highest BCUT2D eigenvalue weighted by atomic mass is 16.3. The predicted octanol–water partition coefficient (Wildman–Crippen LogP) is 3.02. The van der Waals surface area contributed by atoms with E-state index in [4.69, 9.17) is 0 Å². The number of benzene rings is 1. The Morgan fingerprint density at radius 2 is 2.08 bits per heavy atom. The van der Waals surface area contributed by atoms with E-state index in [1.165, 1.54) is 6.08 Å². The second kappa shape index (κ2) is 2.90. The van der Waals surface area contributed by atoms with E-state index in [2.05, 4.69) is 11.6 Å². The molecule has 0 unspecified atom stereocenters. The highest BCUT2D eigenvalue weighted by Gasteiger charge is 2.02. The monoisotopic (exact) mass is 170 g/mol. The summed E-state index contributed by atoms with van der Waals surface area (Å²) in [6.07, 6.45) is 1.53. The molecule has 0 fully saturated rings. The molecule has 0 atom stereocenters. The molecular formula is C11H8NO. The quantitative estimate of drug-likeness (QED) is 0.647. The minimum Gasteiger partial charge on any atom is -0.267 e. The SMILES string of the molecule is C=Cc1cc2ccccc2nc1[O]. The number of rotatable bonds is 1. The van der Waals surface area contributed by atoms with E-state index in [0.29, 0.717) is 5.56 Å². The first-order valence-electron chi connectivity index (χ1n) is 4.00. The minimum absolute atomic E-state index is 0.214. The van der Waals surface area contributed by atoms with Crippen LogP contribution in [0.4, 0.5) is 0 Å². The van der Waals surface area contributed by atoms with Crippen LogP contribution in [0.25, 0.3) is 17.0 Å². The van der Waals surface area contributed by atoms with Crippen LogP contribution >= 0.6 is 0 Å². The first-order valence-corrected chi connectivity index (χ1v) is 4.00. The molecule has 0 aliphatic carbocycles. The summed E-state index contributed by atoms with van der Waals surface area (Å²) in [7, 11) is 0. The Bertz CT molecular complexity index is 463. The summed E-state index contributed by atoms with van der Waals surface area (Å²) in [6, 6.07) is 9.33. The molecule has 0 saturated heterocycles. The van der Waals surface area contributed by atoms with Crippen LogP contribution in [0.2, 0.25) is 0 Å². The number of nitrogens with zero attached hydrogens (tertiary/aromatic N) is 1. The third-order valence-electron chi connectivity index (χ3n) is 1.94. The Hall–Kier alpha value is -1.83. The molecular weight excluding hydrogens is 162 g/mol. The van der Waals surface area contributed by atoms with E-state index in [1.807, 2.05) is 24.3 Å². The highest BCUT2D eigenvalue weighted by Crippen LogP contribution is 2.21. The van der Waals surface area contributed by atoms with Crippen LogP contribution in [0.15, 0.2) is 36.9 Å². The number of fused-ring (bicyclic) bond motifs is 1. The van der Waals surface area contributed by atoms with Gasteiger partial charge < -0.3 is 0 Å². The molecule has 1 aromatic heterocycles. The van der Waals surface area contributed by atoms with Crippen molar-refractivity contribution in [1.82, 2.24) is 4.98 Å². The number of pyridine rings is 1. The summed E-state index contributed by atoms with van der Waals surface area (Å²) in [5.74, 6) is -0.214. The van der Waals surface area contributed by atoms with Crippen molar-refractivity contribution in [2.24, 2.45) is 0 Å². The summed E-state index contributed by atoms with van der Waals surface area (Å²) in [4.78, 5) is 3.92. The van der Waals surface area contributed by atoms with Gasteiger partial charge in [0.15, 0.2) is 0 Å². The van der Waals surface area contributed by atoms with Gasteiger partial charge in [0, 0.05) is 10.9 Å². The van der Waals surface area contributed by atoms with Crippen LogP contribution in [0, 0.1) is 0 Å². The third-order valence-corrected chi connectivity index (χ3v) is 1.94. The molecule has 2 rings (SSSR count). The van der Waals surface area contributed by atoms with Crippen molar-refractivity contribution in [2.45, 2.75) is 0 Å². The van der Waals surface area contributed by atoms with Gasteiger partial charge >= 0.3 is 0 Å². The number of hydrogen-bond acceptors (Lipinski definition) is 1. The first kappa shape index (κ1) is 7.80. The molecule has 0 N–H and O–H groups in total. The molecule has 1 heterocycles. The van der Waals surface area contributed by atoms with E-state index in [-0.39, 0.29) is 5.88 Å². The fourth-order valence-electron chi connectivity index (χ4n) is 1.26. The van der Waals surface area contributed by atoms with Crippen molar-refractivity contribution in [1.29, 1.82) is 0 Å². The molecule has 0 bridgehead atoms. The van der Waals surface area contributed by atoms with Crippen LogP contribution in [0.1, 0.15) is 5.56 Å². The molecule has 0 spiro atoms. The smallest absolute Gasteiger partial charge is 0.267 e. The predicted molar refractivity (Wildman–Crippen MR) is 52.0 cm³/mol. The summed E-state index contributed by atoms with van der Waals surface area (Å²) in [5.41, 5.74) is 1.29. The Balaban J connectivity index is 2.81. The molecule has 0 aliphatic rings. The normalized spacial score (nSPS) is 10.2. The largest absolute Gasteiger partial charge is 0.277 e. The summed E-state index contributed by atoms with van der Waals surface area (Å²) in [5, 5.41) is 12.3. The van der Waals surface area contributed by atoms with Crippen LogP contribution in [0.5, 0.6) is 5.88 Å². The standard InChI is InChI=1S/C11H8NO/c1-2-8-7-9-5-3-4-6-10(9)12-11(8)13/h2-7H,1H2. The molecule has 0 amide bonds. The van der Waals surface area contributed by atoms with E-state index in [1.54, 1.807) is 6.07 Å². The van der Waals surface area contributed by atoms with E-state index in [9.17, 15) is 5.11 Å². The summed E-state index contributed by atoms with van der Waals surface area (Å²) >= 11 is 0. The maximum atomic E-state index is 11.3. The third kappa shape index (κ3) is 1.26. The van der Waals surface area contributed by atoms with Gasteiger partial charge in [0.25, 0.3) is 5.88 Å². The zero-order chi connectivity index (χ0) is 9.26. The van der Waals surface area contributed by atoms with Crippen molar-refractivity contribution in [3.05, 3.63) is 42.5 Å². The van der Waals surface area contributed by atoms with Crippen molar-refractivity contribution in [2.75, 3.05) is 0 Å². The molecule has 63 valence electrons. The molecule has 2 aromatic rings. The zero-order valence-corrected chi connectivity index (χ0v) is 7.03. The van der Waals surface area contributed by atoms with Crippen LogP contribution < -0.4 is 0 Å². The second-order valence-corrected chi connectivity index (χ2v) is 2.78. The van der Waals surface area contributed by atoms with E-state index in [0.717, 1.165) is 10.9 Å². The van der Waals surface area contributed by atoms with Crippen LogP contribution in [-0.2, 0) is 5.11 Å². The van der Waals surface area contributed by atoms with E-state index >= 15 is 0 Å². The minimum atomic E-state index is -0.214. The van der Waals surface area contributed by atoms with Gasteiger partial charge in [-0.2, -0.15) is 0 Å². The lowest BCUT2D eigenvalue weighted by molar-refractivity contribution is 0.338. The lowest BCUT2D eigenvalue weighted by Gasteiger charge is -1.98. The summed E-state index contributed by atoms with van der Waals surface area (Å²) in [6.45, 7) is 3.56. The topological polar surface area (TPSA) is 32.8 Å². The molecule has 1 aromatic carbocycles. The van der Waals surface area contributed by atoms with Gasteiger partial charge in [-0.15, -0.1) is 0 Å². The fourth-order valence-corrected chi connectivity index (χ4v) is 1.26. The van der Waals surface area contributed by atoms with Crippen molar-refractivity contribution in [3.63, 3.8) is 0 Å². The van der Waals surface area contributed by atoms with Gasteiger partial charge in [-0.05, 0) is 12.1 Å². The van der Waals surface area contributed by atoms with Crippen molar-refractivity contribution in [3.8, 4) is 5.88 Å². The second-order valence-electron chi connectivity index (χ2n) is 2.78. The lowest BCUT2D eigenvalue weighted by atomic mass is 10.1. The van der Waals surface area contributed by atoms with Crippen LogP contribution in [-0.4, -0.2) is 4.98 Å². The fraction of sp³-hybridized carbons (Fsp3) is 0. The Labute approximate surface area is 76.2 Å². The maximum absolute atomic E-state index is 11.3. The molecule has 2 nitrogen and oxygen atoms in total. The highest BCUT2D eigenvalue weighted by molar-refractivity contribution is 5.82. The van der Waals surface area contributed by atoms with E-state index < -0.39 is 0 Å². The maximum Gasteiger partial charge on any atom is 0.277 e. The molecule has 0 saturated carbocycles. The first-order chi connectivity index (χ1) is 6.31. The van der Waals surface area contributed by atoms with Crippen molar-refractivity contribution >= 4 is 17.0 Å².